The molecule has 0 spiro atoms. The summed E-state index contributed by atoms with van der Waals surface area (Å²) in [5.74, 6) is -0.125. The molecule has 7 nitrogen and oxygen atoms in total. The first-order valence-electron chi connectivity index (χ1n) is 13.3. The first kappa shape index (κ1) is 23.7. The number of nitrogens with zero attached hydrogens (tertiary/aromatic N) is 4. The summed E-state index contributed by atoms with van der Waals surface area (Å²) in [6, 6.07) is 21.9. The molecule has 0 bridgehead atoms. The van der Waals surface area contributed by atoms with Crippen LogP contribution in [0.25, 0.3) is 16.7 Å². The molecule has 7 heteroatoms. The highest BCUT2D eigenvalue weighted by molar-refractivity contribution is 5.98. The summed E-state index contributed by atoms with van der Waals surface area (Å²) >= 11 is 0. The molecule has 1 saturated heterocycles. The zero-order valence-corrected chi connectivity index (χ0v) is 20.9. The molecule has 2 aliphatic rings. The lowest BCUT2D eigenvalue weighted by Crippen LogP contribution is -2.35. The lowest BCUT2D eigenvalue weighted by atomic mass is 9.82. The molecule has 0 unspecified atom stereocenters. The van der Waals surface area contributed by atoms with Gasteiger partial charge in [-0.25, -0.2) is 14.5 Å². The maximum atomic E-state index is 12.1. The molecular weight excluding hydrogens is 464 g/mol. The van der Waals surface area contributed by atoms with Crippen LogP contribution in [-0.4, -0.2) is 45.5 Å². The number of anilines is 1. The number of rotatable bonds is 8. The van der Waals surface area contributed by atoms with E-state index >= 15 is 0 Å². The van der Waals surface area contributed by atoms with Gasteiger partial charge in [0.2, 0.25) is 0 Å². The van der Waals surface area contributed by atoms with E-state index in [0.29, 0.717) is 24.1 Å². The molecule has 190 valence electrons. The third kappa shape index (κ3) is 4.83. The molecule has 0 amide bonds. The molecule has 2 aromatic heterocycles. The third-order valence-corrected chi connectivity index (χ3v) is 7.78. The van der Waals surface area contributed by atoms with Crippen molar-refractivity contribution in [2.24, 2.45) is 5.92 Å². The molecule has 3 heterocycles. The standard InChI is InChI=1S/C30H32N4O3/c35-30(36)25-18-26(33-16-14-22(15-17-33)20-37-19-21-8-3-1-4-9-21)27-28(23-10-7-11-23)32-34(29(27)31-25)24-12-5-2-6-13-24/h1-6,8-9,12-13,18,22-23H,7,10-11,14-17,19-20H2,(H,35,36). The van der Waals surface area contributed by atoms with Gasteiger partial charge >= 0.3 is 5.97 Å². The van der Waals surface area contributed by atoms with Crippen LogP contribution in [0.15, 0.2) is 66.7 Å². The van der Waals surface area contributed by atoms with Crippen LogP contribution in [0.5, 0.6) is 0 Å². The number of aromatic carboxylic acids is 1. The van der Waals surface area contributed by atoms with Crippen molar-refractivity contribution < 1.29 is 14.6 Å². The second-order valence-electron chi connectivity index (χ2n) is 10.2. The number of carboxylic acids is 1. The summed E-state index contributed by atoms with van der Waals surface area (Å²) in [5, 5.41) is 16.0. The molecule has 0 atom stereocenters. The maximum Gasteiger partial charge on any atom is 0.354 e. The predicted molar refractivity (Wildman–Crippen MR) is 143 cm³/mol. The molecule has 1 N–H and O–H groups in total. The summed E-state index contributed by atoms with van der Waals surface area (Å²) in [6.45, 7) is 3.10. The topological polar surface area (TPSA) is 80.5 Å². The van der Waals surface area contributed by atoms with E-state index in [1.165, 1.54) is 12.0 Å². The van der Waals surface area contributed by atoms with Crippen LogP contribution in [0.1, 0.15) is 59.8 Å². The van der Waals surface area contributed by atoms with Gasteiger partial charge in [0.15, 0.2) is 11.3 Å². The highest BCUT2D eigenvalue weighted by atomic mass is 16.5. The molecule has 6 rings (SSSR count). The summed E-state index contributed by atoms with van der Waals surface area (Å²) in [7, 11) is 0. The van der Waals surface area contributed by atoms with Gasteiger partial charge in [0.25, 0.3) is 0 Å². The van der Waals surface area contributed by atoms with E-state index in [9.17, 15) is 9.90 Å². The average molecular weight is 497 g/mol. The Morgan fingerprint density at radius 2 is 1.68 bits per heavy atom. The van der Waals surface area contributed by atoms with Crippen LogP contribution in [-0.2, 0) is 11.3 Å². The van der Waals surface area contributed by atoms with Gasteiger partial charge in [-0.3, -0.25) is 0 Å². The van der Waals surface area contributed by atoms with E-state index in [0.717, 1.165) is 67.8 Å². The molecule has 2 aromatic carbocycles. The van der Waals surface area contributed by atoms with Crippen molar-refractivity contribution in [1.29, 1.82) is 0 Å². The molecule has 1 aliphatic heterocycles. The number of fused-ring (bicyclic) bond motifs is 1. The molecule has 4 aromatic rings. The van der Waals surface area contributed by atoms with Crippen molar-refractivity contribution in [2.45, 2.75) is 44.6 Å². The van der Waals surface area contributed by atoms with Crippen molar-refractivity contribution in [3.63, 3.8) is 0 Å². The smallest absolute Gasteiger partial charge is 0.354 e. The van der Waals surface area contributed by atoms with E-state index in [4.69, 9.17) is 9.84 Å². The van der Waals surface area contributed by atoms with Crippen LogP contribution in [0.3, 0.4) is 0 Å². The minimum absolute atomic E-state index is 0.0630. The van der Waals surface area contributed by atoms with Gasteiger partial charge in [0.1, 0.15) is 0 Å². The Labute approximate surface area is 216 Å². The fourth-order valence-electron chi connectivity index (χ4n) is 5.46. The predicted octanol–water partition coefficient (Wildman–Crippen LogP) is 5.82. The summed E-state index contributed by atoms with van der Waals surface area (Å²) in [4.78, 5) is 19.0. The van der Waals surface area contributed by atoms with Gasteiger partial charge in [-0.05, 0) is 55.4 Å². The second-order valence-corrected chi connectivity index (χ2v) is 10.2. The minimum Gasteiger partial charge on any atom is -0.477 e. The van der Waals surface area contributed by atoms with Crippen molar-refractivity contribution in [3.8, 4) is 5.69 Å². The zero-order valence-electron chi connectivity index (χ0n) is 20.9. The number of aromatic nitrogens is 3. The Kier molecular flexibility index (Phi) is 6.62. The van der Waals surface area contributed by atoms with Gasteiger partial charge in [-0.2, -0.15) is 5.10 Å². The van der Waals surface area contributed by atoms with Crippen LogP contribution in [0.2, 0.25) is 0 Å². The molecule has 37 heavy (non-hydrogen) atoms. The minimum atomic E-state index is -1.02. The number of hydrogen-bond donors (Lipinski definition) is 1. The number of ether oxygens (including phenoxy) is 1. The van der Waals surface area contributed by atoms with Gasteiger partial charge in [-0.15, -0.1) is 0 Å². The molecule has 1 aliphatic carbocycles. The summed E-state index contributed by atoms with van der Waals surface area (Å²) in [6.07, 6.45) is 5.44. The molecule has 0 radical (unpaired) electrons. The largest absolute Gasteiger partial charge is 0.477 e. The van der Waals surface area contributed by atoms with Crippen LogP contribution in [0, 0.1) is 5.92 Å². The van der Waals surface area contributed by atoms with Crippen molar-refractivity contribution in [1.82, 2.24) is 14.8 Å². The Morgan fingerprint density at radius 3 is 2.32 bits per heavy atom. The summed E-state index contributed by atoms with van der Waals surface area (Å²) in [5.41, 5.74) is 4.80. The van der Waals surface area contributed by atoms with E-state index < -0.39 is 5.97 Å². The monoisotopic (exact) mass is 496 g/mol. The number of hydrogen-bond acceptors (Lipinski definition) is 5. The average Bonchev–Trinajstić information content (AvgIpc) is 3.28. The lowest BCUT2D eigenvalue weighted by molar-refractivity contribution is 0.0691. The first-order valence-corrected chi connectivity index (χ1v) is 13.3. The van der Waals surface area contributed by atoms with Gasteiger partial charge in [0.05, 0.1) is 29.1 Å². The second kappa shape index (κ2) is 10.3. The van der Waals surface area contributed by atoms with Crippen molar-refractivity contribution in [3.05, 3.63) is 83.7 Å². The van der Waals surface area contributed by atoms with E-state index in [1.807, 2.05) is 53.2 Å². The number of piperidine rings is 1. The third-order valence-electron chi connectivity index (χ3n) is 7.78. The highest BCUT2D eigenvalue weighted by Gasteiger charge is 2.31. The van der Waals surface area contributed by atoms with Gasteiger partial charge in [-0.1, -0.05) is 55.0 Å². The zero-order chi connectivity index (χ0) is 25.2. The lowest BCUT2D eigenvalue weighted by Gasteiger charge is -2.34. The Morgan fingerprint density at radius 1 is 0.973 bits per heavy atom. The highest BCUT2D eigenvalue weighted by Crippen LogP contribution is 2.43. The van der Waals surface area contributed by atoms with Crippen LogP contribution in [0.4, 0.5) is 5.69 Å². The van der Waals surface area contributed by atoms with Crippen LogP contribution >= 0.6 is 0 Å². The van der Waals surface area contributed by atoms with E-state index in [2.05, 4.69) is 22.0 Å². The van der Waals surface area contributed by atoms with Gasteiger partial charge in [0, 0.05) is 25.6 Å². The maximum absolute atomic E-state index is 12.1. The van der Waals surface area contributed by atoms with Crippen molar-refractivity contribution >= 4 is 22.7 Å². The number of carboxylic acid groups (broad SMARTS) is 1. The van der Waals surface area contributed by atoms with Crippen molar-refractivity contribution in [2.75, 3.05) is 24.6 Å². The first-order chi connectivity index (χ1) is 18.2. The normalized spacial score (nSPS) is 16.7. The van der Waals surface area contributed by atoms with E-state index in [-0.39, 0.29) is 5.69 Å². The molecular formula is C30H32N4O3. The summed E-state index contributed by atoms with van der Waals surface area (Å²) < 4.78 is 7.86. The molecule has 2 fully saturated rings. The number of para-hydroxylation sites is 1. The number of pyridine rings is 1. The Bertz CT molecular complexity index is 1370. The number of carbonyl (C=O) groups is 1. The molecule has 1 saturated carbocycles. The fraction of sp³-hybridized carbons (Fsp3) is 0.367. The fourth-order valence-corrected chi connectivity index (χ4v) is 5.46. The van der Waals surface area contributed by atoms with Gasteiger partial charge < -0.3 is 14.7 Å². The quantitative estimate of drug-likeness (QED) is 0.331. The SMILES string of the molecule is O=C(O)c1cc(N2CCC(COCc3ccccc3)CC2)c2c(C3CCC3)nn(-c3ccccc3)c2n1. The van der Waals surface area contributed by atoms with Crippen LogP contribution < -0.4 is 4.90 Å². The van der Waals surface area contributed by atoms with E-state index in [1.54, 1.807) is 6.07 Å². The Hall–Kier alpha value is -3.71. The number of benzene rings is 2. The Balaban J connectivity index is 1.28.